The number of primary sulfonamides is 1. The number of sulfonamides is 1. The van der Waals surface area contributed by atoms with Crippen molar-refractivity contribution in [1.29, 1.82) is 0 Å². The highest BCUT2D eigenvalue weighted by Crippen LogP contribution is 2.36. The van der Waals surface area contributed by atoms with Crippen molar-refractivity contribution in [1.82, 2.24) is 4.72 Å². The number of benzene rings is 1. The van der Waals surface area contributed by atoms with Gasteiger partial charge in [0.15, 0.2) is 0 Å². The molecule has 5 N–H and O–H groups in total. The molecule has 1 aliphatic rings. The molecule has 0 aliphatic carbocycles. The highest BCUT2D eigenvalue weighted by atomic mass is 35.5. The van der Waals surface area contributed by atoms with E-state index in [-0.39, 0.29) is 22.7 Å². The predicted octanol–water partition coefficient (Wildman–Crippen LogP) is 1.89. The highest BCUT2D eigenvalue weighted by Gasteiger charge is 2.22. The first-order valence-corrected chi connectivity index (χ1v) is 9.32. The molecule has 21 heavy (non-hydrogen) atoms. The van der Waals surface area contributed by atoms with Gasteiger partial charge in [-0.1, -0.05) is 18.0 Å². The number of anilines is 1. The van der Waals surface area contributed by atoms with Crippen LogP contribution in [0.5, 0.6) is 0 Å². The third-order valence-electron chi connectivity index (χ3n) is 3.13. The molecule has 1 heterocycles. The number of nitrogens with two attached hydrogens (primary N) is 1. The molecule has 0 aromatic heterocycles. The highest BCUT2D eigenvalue weighted by molar-refractivity contribution is 7.97. The van der Waals surface area contributed by atoms with Gasteiger partial charge in [0.25, 0.3) is 0 Å². The largest absolute Gasteiger partial charge is 0.396 e. The SMILES string of the molecule is NS(=O)(=O)c1cc2c(cc1Cl)NC(CCCCCO)NS2. The van der Waals surface area contributed by atoms with Gasteiger partial charge in [-0.05, 0) is 43.3 Å². The molecule has 1 aliphatic heterocycles. The minimum absolute atomic E-state index is 0.0691. The van der Waals surface area contributed by atoms with E-state index in [4.69, 9.17) is 21.8 Å². The van der Waals surface area contributed by atoms with Gasteiger partial charge < -0.3 is 10.4 Å². The van der Waals surface area contributed by atoms with Gasteiger partial charge in [-0.2, -0.15) is 0 Å². The van der Waals surface area contributed by atoms with Gasteiger partial charge in [-0.3, -0.25) is 0 Å². The van der Waals surface area contributed by atoms with E-state index >= 15 is 0 Å². The van der Waals surface area contributed by atoms with E-state index in [2.05, 4.69) is 10.0 Å². The first-order valence-electron chi connectivity index (χ1n) is 6.58. The van der Waals surface area contributed by atoms with Gasteiger partial charge in [0.05, 0.1) is 16.9 Å². The van der Waals surface area contributed by atoms with Gasteiger partial charge in [-0.25, -0.2) is 18.3 Å². The van der Waals surface area contributed by atoms with Crippen LogP contribution in [-0.2, 0) is 10.0 Å². The zero-order chi connectivity index (χ0) is 15.5. The lowest BCUT2D eigenvalue weighted by molar-refractivity contribution is 0.282. The third kappa shape index (κ3) is 4.48. The minimum atomic E-state index is -3.83. The average molecular weight is 352 g/mol. The Morgan fingerprint density at radius 2 is 2.10 bits per heavy atom. The summed E-state index contributed by atoms with van der Waals surface area (Å²) in [5, 5.41) is 17.3. The summed E-state index contributed by atoms with van der Waals surface area (Å²) in [6.45, 7) is 0.217. The molecule has 1 aromatic carbocycles. The lowest BCUT2D eigenvalue weighted by Crippen LogP contribution is -2.35. The van der Waals surface area contributed by atoms with E-state index in [1.54, 1.807) is 6.07 Å². The second kappa shape index (κ2) is 7.17. The summed E-state index contributed by atoms with van der Waals surface area (Å²) in [7, 11) is -3.83. The van der Waals surface area contributed by atoms with Crippen molar-refractivity contribution < 1.29 is 13.5 Å². The van der Waals surface area contributed by atoms with Crippen molar-refractivity contribution in [3.8, 4) is 0 Å². The fourth-order valence-corrected chi connectivity index (χ4v) is 4.09. The van der Waals surface area contributed by atoms with Crippen molar-refractivity contribution >= 4 is 39.3 Å². The monoisotopic (exact) mass is 351 g/mol. The molecule has 0 amide bonds. The molecular weight excluding hydrogens is 334 g/mol. The zero-order valence-electron chi connectivity index (χ0n) is 11.3. The maximum absolute atomic E-state index is 11.4. The predicted molar refractivity (Wildman–Crippen MR) is 84.8 cm³/mol. The molecule has 0 bridgehead atoms. The number of hydrogen-bond acceptors (Lipinski definition) is 6. The number of fused-ring (bicyclic) bond motifs is 1. The van der Waals surface area contributed by atoms with Crippen LogP contribution in [0.2, 0.25) is 5.02 Å². The molecule has 1 aromatic rings. The summed E-state index contributed by atoms with van der Waals surface area (Å²) in [6.07, 6.45) is 3.75. The summed E-state index contributed by atoms with van der Waals surface area (Å²) >= 11 is 7.34. The third-order valence-corrected chi connectivity index (χ3v) is 5.47. The van der Waals surface area contributed by atoms with Crippen LogP contribution >= 0.6 is 23.5 Å². The standard InChI is InChI=1S/C12H18ClN3O3S2/c13-8-6-9-10(7-11(8)21(14,18)19)20-16-12(15-9)4-2-1-3-5-17/h6-7,12,15-17H,1-5H2,(H2,14,18,19). The van der Waals surface area contributed by atoms with Crippen LogP contribution in [0, 0.1) is 0 Å². The number of hydrogen-bond donors (Lipinski definition) is 4. The van der Waals surface area contributed by atoms with E-state index in [9.17, 15) is 8.42 Å². The number of aliphatic hydroxyl groups is 1. The summed E-state index contributed by atoms with van der Waals surface area (Å²) in [5.41, 5.74) is 0.795. The Morgan fingerprint density at radius 3 is 2.76 bits per heavy atom. The summed E-state index contributed by atoms with van der Waals surface area (Å²) in [5.74, 6) is 0. The quantitative estimate of drug-likeness (QED) is 0.461. The van der Waals surface area contributed by atoms with Crippen molar-refractivity contribution in [3.63, 3.8) is 0 Å². The van der Waals surface area contributed by atoms with Gasteiger partial charge in [0, 0.05) is 11.5 Å². The Bertz CT molecular complexity index is 610. The number of nitrogens with one attached hydrogen (secondary N) is 2. The molecule has 1 unspecified atom stereocenters. The van der Waals surface area contributed by atoms with E-state index < -0.39 is 10.0 Å². The van der Waals surface area contributed by atoms with Crippen molar-refractivity contribution in [2.75, 3.05) is 11.9 Å². The fourth-order valence-electron chi connectivity index (χ4n) is 2.07. The molecular formula is C12H18ClN3O3S2. The average Bonchev–Trinajstić information content (AvgIpc) is 2.41. The molecule has 118 valence electrons. The molecule has 6 nitrogen and oxygen atoms in total. The molecule has 0 fully saturated rings. The van der Waals surface area contributed by atoms with E-state index in [0.717, 1.165) is 36.3 Å². The molecule has 0 spiro atoms. The maximum atomic E-state index is 11.4. The Labute approximate surface area is 133 Å². The first kappa shape index (κ1) is 16.9. The van der Waals surface area contributed by atoms with Crippen LogP contribution in [0.3, 0.4) is 0 Å². The van der Waals surface area contributed by atoms with Crippen LogP contribution in [0.25, 0.3) is 0 Å². The van der Waals surface area contributed by atoms with E-state index in [1.165, 1.54) is 18.0 Å². The smallest absolute Gasteiger partial charge is 0.239 e. The Balaban J connectivity index is 2.07. The fraction of sp³-hybridized carbons (Fsp3) is 0.500. The van der Waals surface area contributed by atoms with E-state index in [0.29, 0.717) is 0 Å². The molecule has 0 saturated carbocycles. The van der Waals surface area contributed by atoms with Crippen LogP contribution in [0.1, 0.15) is 25.7 Å². The topological polar surface area (TPSA) is 104 Å². The maximum Gasteiger partial charge on any atom is 0.239 e. The van der Waals surface area contributed by atoms with Crippen LogP contribution in [0.4, 0.5) is 5.69 Å². The second-order valence-electron chi connectivity index (χ2n) is 4.81. The lowest BCUT2D eigenvalue weighted by atomic mass is 10.1. The number of unbranched alkanes of at least 4 members (excludes halogenated alkanes) is 2. The van der Waals surface area contributed by atoms with Gasteiger partial charge in [0.1, 0.15) is 4.90 Å². The van der Waals surface area contributed by atoms with E-state index in [1.807, 2.05) is 0 Å². The summed E-state index contributed by atoms with van der Waals surface area (Å²) in [4.78, 5) is 0.676. The van der Waals surface area contributed by atoms with Gasteiger partial charge in [0.2, 0.25) is 10.0 Å². The first-order chi connectivity index (χ1) is 9.91. The number of aliphatic hydroxyl groups excluding tert-OH is 1. The number of halogens is 1. The Morgan fingerprint density at radius 1 is 1.33 bits per heavy atom. The zero-order valence-corrected chi connectivity index (χ0v) is 13.7. The Hall–Kier alpha value is -0.510. The van der Waals surface area contributed by atoms with Gasteiger partial charge >= 0.3 is 0 Å². The van der Waals surface area contributed by atoms with Crippen molar-refractivity contribution in [2.45, 2.75) is 41.6 Å². The molecule has 0 radical (unpaired) electrons. The molecule has 9 heteroatoms. The van der Waals surface area contributed by atoms with Gasteiger partial charge in [-0.15, -0.1) is 0 Å². The summed E-state index contributed by atoms with van der Waals surface area (Å²) < 4.78 is 26.1. The van der Waals surface area contributed by atoms with Crippen LogP contribution in [-0.4, -0.2) is 26.3 Å². The number of rotatable bonds is 6. The van der Waals surface area contributed by atoms with Crippen molar-refractivity contribution in [3.05, 3.63) is 17.2 Å². The van der Waals surface area contributed by atoms with Crippen LogP contribution in [0.15, 0.2) is 21.9 Å². The molecule has 2 rings (SSSR count). The minimum Gasteiger partial charge on any atom is -0.396 e. The lowest BCUT2D eigenvalue weighted by Gasteiger charge is -2.28. The summed E-state index contributed by atoms with van der Waals surface area (Å²) in [6, 6.07) is 3.06. The van der Waals surface area contributed by atoms with Crippen molar-refractivity contribution in [2.24, 2.45) is 5.14 Å². The molecule has 1 atom stereocenters. The normalized spacial score (nSPS) is 18.1. The van der Waals surface area contributed by atoms with Crippen LogP contribution < -0.4 is 15.2 Å². The molecule has 0 saturated heterocycles. The Kier molecular flexibility index (Phi) is 5.75. The second-order valence-corrected chi connectivity index (χ2v) is 7.63.